The van der Waals surface area contributed by atoms with Crippen LogP contribution in [0.15, 0.2) is 70.7 Å². The molecule has 3 aromatic rings. The van der Waals surface area contributed by atoms with Gasteiger partial charge >= 0.3 is 10.1 Å². The molecule has 0 saturated carbocycles. The van der Waals surface area contributed by atoms with Gasteiger partial charge in [0.15, 0.2) is 11.5 Å². The average molecular weight is 514 g/mol. The van der Waals surface area contributed by atoms with E-state index in [4.69, 9.17) is 13.7 Å². The number of nitro benzene ring substituents is 1. The maximum atomic E-state index is 12.7. The van der Waals surface area contributed by atoms with Crippen molar-refractivity contribution in [1.29, 1.82) is 0 Å². The molecular formula is C24H23N3O8S. The minimum absolute atomic E-state index is 0.0991. The summed E-state index contributed by atoms with van der Waals surface area (Å²) in [7, 11) is -2.91. The number of rotatable bonds is 10. The van der Waals surface area contributed by atoms with Gasteiger partial charge in [0.25, 0.3) is 11.6 Å². The lowest BCUT2D eigenvalue weighted by Gasteiger charge is -2.12. The number of hydrogen-bond donors (Lipinski definition) is 1. The number of nitrogens with zero attached hydrogens (tertiary/aromatic N) is 2. The van der Waals surface area contributed by atoms with Crippen molar-refractivity contribution in [2.24, 2.45) is 5.10 Å². The summed E-state index contributed by atoms with van der Waals surface area (Å²) in [6, 6.07) is 14.0. The lowest BCUT2D eigenvalue weighted by atomic mass is 10.1. The van der Waals surface area contributed by atoms with E-state index >= 15 is 0 Å². The van der Waals surface area contributed by atoms with Crippen LogP contribution in [0.4, 0.5) is 5.69 Å². The Hall–Kier alpha value is -4.45. The van der Waals surface area contributed by atoms with Crippen molar-refractivity contribution in [3.05, 3.63) is 87.5 Å². The van der Waals surface area contributed by atoms with Gasteiger partial charge in [0.1, 0.15) is 10.6 Å². The molecule has 1 amide bonds. The molecule has 11 nitrogen and oxygen atoms in total. The van der Waals surface area contributed by atoms with E-state index in [1.54, 1.807) is 25.1 Å². The Kier molecular flexibility index (Phi) is 8.22. The highest BCUT2D eigenvalue weighted by Gasteiger charge is 2.22. The van der Waals surface area contributed by atoms with Crippen LogP contribution in [0.5, 0.6) is 17.2 Å². The monoisotopic (exact) mass is 513 g/mol. The molecule has 0 spiro atoms. The van der Waals surface area contributed by atoms with Crippen LogP contribution >= 0.6 is 0 Å². The summed E-state index contributed by atoms with van der Waals surface area (Å²) in [5.41, 5.74) is 3.75. The fourth-order valence-electron chi connectivity index (χ4n) is 3.07. The zero-order valence-corrected chi connectivity index (χ0v) is 20.4. The van der Waals surface area contributed by atoms with Crippen LogP contribution in [0, 0.1) is 17.0 Å². The number of aryl methyl sites for hydroxylation is 1. The van der Waals surface area contributed by atoms with Crippen LogP contribution in [-0.4, -0.2) is 39.2 Å². The molecular weight excluding hydrogens is 490 g/mol. The molecule has 0 atom stereocenters. The van der Waals surface area contributed by atoms with E-state index in [0.29, 0.717) is 16.9 Å². The molecule has 0 fully saturated rings. The minimum atomic E-state index is -4.38. The maximum absolute atomic E-state index is 12.7. The molecule has 0 aliphatic heterocycles. The Morgan fingerprint density at radius 1 is 1.08 bits per heavy atom. The molecule has 0 aliphatic carbocycles. The second-order valence-corrected chi connectivity index (χ2v) is 8.88. The van der Waals surface area contributed by atoms with Crippen molar-refractivity contribution in [3.63, 3.8) is 0 Å². The lowest BCUT2D eigenvalue weighted by Crippen LogP contribution is -2.18. The van der Waals surface area contributed by atoms with Crippen molar-refractivity contribution in [1.82, 2.24) is 5.43 Å². The second-order valence-electron chi connectivity index (χ2n) is 7.33. The van der Waals surface area contributed by atoms with Gasteiger partial charge in [-0.3, -0.25) is 14.9 Å². The van der Waals surface area contributed by atoms with Crippen LogP contribution in [-0.2, 0) is 10.1 Å². The fourth-order valence-corrected chi connectivity index (χ4v) is 4.05. The van der Waals surface area contributed by atoms with Gasteiger partial charge in [-0.1, -0.05) is 12.1 Å². The first-order chi connectivity index (χ1) is 17.1. The van der Waals surface area contributed by atoms with E-state index in [0.717, 1.165) is 11.6 Å². The highest BCUT2D eigenvalue weighted by molar-refractivity contribution is 7.87. The molecule has 0 aliphatic rings. The van der Waals surface area contributed by atoms with Crippen molar-refractivity contribution in [3.8, 4) is 17.2 Å². The molecule has 0 unspecified atom stereocenters. The number of ether oxygens (including phenoxy) is 2. The third-order valence-electron chi connectivity index (χ3n) is 4.77. The highest BCUT2D eigenvalue weighted by atomic mass is 32.2. The Morgan fingerprint density at radius 3 is 2.56 bits per heavy atom. The van der Waals surface area contributed by atoms with Crippen molar-refractivity contribution in [2.45, 2.75) is 18.7 Å². The average Bonchev–Trinajstić information content (AvgIpc) is 2.85. The molecule has 0 radical (unpaired) electrons. The largest absolute Gasteiger partial charge is 0.496 e. The van der Waals surface area contributed by atoms with Gasteiger partial charge in [0.2, 0.25) is 0 Å². The van der Waals surface area contributed by atoms with Crippen LogP contribution in [0.25, 0.3) is 0 Å². The van der Waals surface area contributed by atoms with E-state index in [9.17, 15) is 23.3 Å². The topological polar surface area (TPSA) is 146 Å². The first kappa shape index (κ1) is 26.2. The van der Waals surface area contributed by atoms with Gasteiger partial charge in [-0.25, -0.2) is 5.43 Å². The number of carbonyl (C=O) groups excluding carboxylic acids is 1. The molecule has 188 valence electrons. The lowest BCUT2D eigenvalue weighted by molar-refractivity contribution is -0.385. The summed E-state index contributed by atoms with van der Waals surface area (Å²) in [6.07, 6.45) is 1.35. The molecule has 3 aromatic carbocycles. The number of amides is 1. The Bertz CT molecular complexity index is 1420. The zero-order valence-electron chi connectivity index (χ0n) is 19.6. The van der Waals surface area contributed by atoms with E-state index < -0.39 is 20.9 Å². The number of carbonyl (C=O) groups is 1. The van der Waals surface area contributed by atoms with Gasteiger partial charge in [-0.15, -0.1) is 0 Å². The molecule has 0 heterocycles. The molecule has 1 N–H and O–H groups in total. The van der Waals surface area contributed by atoms with Gasteiger partial charge in [0.05, 0.1) is 30.4 Å². The van der Waals surface area contributed by atoms with Crippen molar-refractivity contribution < 1.29 is 31.8 Å². The number of nitrogens with one attached hydrogen (secondary N) is 1. The van der Waals surface area contributed by atoms with E-state index in [2.05, 4.69) is 10.5 Å². The Morgan fingerprint density at radius 2 is 1.86 bits per heavy atom. The maximum Gasteiger partial charge on any atom is 0.339 e. The first-order valence-electron chi connectivity index (χ1n) is 10.6. The van der Waals surface area contributed by atoms with Crippen LogP contribution in [0.3, 0.4) is 0 Å². The summed E-state index contributed by atoms with van der Waals surface area (Å²) in [5.74, 6) is -0.0835. The zero-order chi connectivity index (χ0) is 26.3. The van der Waals surface area contributed by atoms with E-state index in [1.165, 1.54) is 49.7 Å². The van der Waals surface area contributed by atoms with Crippen LogP contribution < -0.4 is 19.1 Å². The molecule has 0 saturated heterocycles. The first-order valence-corrected chi connectivity index (χ1v) is 12.0. The normalized spacial score (nSPS) is 11.2. The Labute approximate surface area is 207 Å². The van der Waals surface area contributed by atoms with Crippen LogP contribution in [0.2, 0.25) is 0 Å². The predicted molar refractivity (Wildman–Crippen MR) is 131 cm³/mol. The fraction of sp³-hybridized carbons (Fsp3) is 0.167. The molecule has 36 heavy (non-hydrogen) atoms. The molecule has 0 bridgehead atoms. The number of hydrazone groups is 1. The van der Waals surface area contributed by atoms with Gasteiger partial charge in [0, 0.05) is 12.1 Å². The predicted octanol–water partition coefficient (Wildman–Crippen LogP) is 3.84. The SMILES string of the molecule is CCOc1cc(/C=N\NC(=O)c2ccc(C)cc2OC)ccc1OS(=O)(=O)c1cccc([N+](=O)[O-])c1. The standard InChI is InChI=1S/C24H23N3O8S/c1-4-34-23-13-17(15-25-26-24(28)20-10-8-16(2)12-22(20)33-3)9-11-21(23)35-36(31,32)19-7-5-6-18(14-19)27(29)30/h5-15H,4H2,1-3H3,(H,26,28)/b25-15-. The third kappa shape index (κ3) is 6.36. The summed E-state index contributed by atoms with van der Waals surface area (Å²) < 4.78 is 41.3. The number of benzene rings is 3. The third-order valence-corrected chi connectivity index (χ3v) is 6.00. The molecule has 0 aromatic heterocycles. The quantitative estimate of drug-likeness (QED) is 0.186. The number of non-ortho nitro benzene ring substituents is 1. The van der Waals surface area contributed by atoms with Crippen LogP contribution in [0.1, 0.15) is 28.4 Å². The number of methoxy groups -OCH3 is 1. The highest BCUT2D eigenvalue weighted by Crippen LogP contribution is 2.31. The molecule has 12 heteroatoms. The summed E-state index contributed by atoms with van der Waals surface area (Å²) in [6.45, 7) is 3.78. The smallest absolute Gasteiger partial charge is 0.339 e. The van der Waals surface area contributed by atoms with Crippen molar-refractivity contribution >= 4 is 27.9 Å². The number of nitro groups is 1. The van der Waals surface area contributed by atoms with Gasteiger partial charge in [-0.05, 0) is 61.4 Å². The van der Waals surface area contributed by atoms with E-state index in [1.807, 2.05) is 6.92 Å². The van der Waals surface area contributed by atoms with E-state index in [-0.39, 0.29) is 28.7 Å². The second kappa shape index (κ2) is 11.3. The Balaban J connectivity index is 1.79. The van der Waals surface area contributed by atoms with Gasteiger partial charge in [-0.2, -0.15) is 13.5 Å². The van der Waals surface area contributed by atoms with Gasteiger partial charge < -0.3 is 13.7 Å². The minimum Gasteiger partial charge on any atom is -0.496 e. The summed E-state index contributed by atoms with van der Waals surface area (Å²) in [5, 5.41) is 14.9. The van der Waals surface area contributed by atoms with Crippen molar-refractivity contribution in [2.75, 3.05) is 13.7 Å². The summed E-state index contributed by atoms with van der Waals surface area (Å²) >= 11 is 0. The number of hydrogen-bond acceptors (Lipinski definition) is 9. The molecule has 3 rings (SSSR count). The summed E-state index contributed by atoms with van der Waals surface area (Å²) in [4.78, 5) is 22.3.